The number of fused-ring (bicyclic) bond motifs is 2. The summed E-state index contributed by atoms with van der Waals surface area (Å²) in [4.78, 5) is 0. The summed E-state index contributed by atoms with van der Waals surface area (Å²) in [7, 11) is -2.63. The first-order valence-electron chi connectivity index (χ1n) is 20.1. The number of aliphatic hydroxyl groups is 1. The Hall–Kier alpha value is -2.20. The summed E-state index contributed by atoms with van der Waals surface area (Å²) < 4.78 is 19.2. The smallest absolute Gasteiger partial charge is 0.261 e. The molecule has 278 valence electrons. The van der Waals surface area contributed by atoms with E-state index in [1.165, 1.54) is 41.6 Å². The normalized spacial score (nSPS) is 31.7. The van der Waals surface area contributed by atoms with E-state index in [4.69, 9.17) is 13.9 Å². The summed E-state index contributed by atoms with van der Waals surface area (Å²) in [5.74, 6) is 9.19. The van der Waals surface area contributed by atoms with Crippen molar-refractivity contribution in [2.45, 2.75) is 149 Å². The van der Waals surface area contributed by atoms with Gasteiger partial charge in [-0.2, -0.15) is 0 Å². The molecule has 2 unspecified atom stereocenters. The van der Waals surface area contributed by atoms with Crippen molar-refractivity contribution in [2.75, 3.05) is 6.61 Å². The molecule has 4 fully saturated rings. The lowest BCUT2D eigenvalue weighted by Gasteiger charge is -2.45. The number of allylic oxidation sites excluding steroid dienone is 1. The minimum atomic E-state index is -2.63. The molecule has 0 heterocycles. The maximum Gasteiger partial charge on any atom is 0.261 e. The highest BCUT2D eigenvalue weighted by atomic mass is 28.4. The van der Waals surface area contributed by atoms with Crippen LogP contribution in [0.2, 0.25) is 5.04 Å². The lowest BCUT2D eigenvalue weighted by molar-refractivity contribution is -0.169. The Labute approximate surface area is 311 Å². The average molecular weight is 711 g/mol. The van der Waals surface area contributed by atoms with E-state index in [1.807, 2.05) is 27.7 Å². The van der Waals surface area contributed by atoms with E-state index >= 15 is 0 Å². The van der Waals surface area contributed by atoms with Crippen molar-refractivity contribution in [3.05, 3.63) is 72.3 Å². The zero-order valence-corrected chi connectivity index (χ0v) is 34.1. The molecule has 4 aliphatic rings. The molecule has 51 heavy (non-hydrogen) atoms. The summed E-state index contributed by atoms with van der Waals surface area (Å²) in [6, 6.07) is 22.0. The van der Waals surface area contributed by atoms with E-state index in [2.05, 4.69) is 113 Å². The third-order valence-electron chi connectivity index (χ3n) is 13.6. The quantitative estimate of drug-likeness (QED) is 0.103. The van der Waals surface area contributed by atoms with Crippen LogP contribution in [0.25, 0.3) is 0 Å². The van der Waals surface area contributed by atoms with Crippen LogP contribution >= 0.6 is 0 Å². The maximum atomic E-state index is 12.1. The van der Waals surface area contributed by atoms with Gasteiger partial charge in [0.25, 0.3) is 8.32 Å². The Bertz CT molecular complexity index is 1530. The minimum Gasteiger partial charge on any atom is -0.404 e. The van der Waals surface area contributed by atoms with E-state index in [0.29, 0.717) is 30.3 Å². The molecular weight excluding hydrogens is 645 g/mol. The Kier molecular flexibility index (Phi) is 11.3. The van der Waals surface area contributed by atoms with Gasteiger partial charge in [-0.3, -0.25) is 0 Å². The second-order valence-corrected chi connectivity index (χ2v) is 22.6. The highest BCUT2D eigenvalue weighted by Crippen LogP contribution is 2.67. The van der Waals surface area contributed by atoms with Crippen LogP contribution in [0.5, 0.6) is 0 Å². The fraction of sp³-hybridized carbons (Fsp3) is 0.652. The molecule has 0 radical (unpaired) electrons. The van der Waals surface area contributed by atoms with Crippen LogP contribution in [0.3, 0.4) is 0 Å². The minimum absolute atomic E-state index is 0.0354. The van der Waals surface area contributed by atoms with Crippen molar-refractivity contribution >= 4 is 18.7 Å². The number of hydrogen-bond acceptors (Lipinski definition) is 4. The Morgan fingerprint density at radius 1 is 0.961 bits per heavy atom. The van der Waals surface area contributed by atoms with Crippen LogP contribution in [0, 0.1) is 46.3 Å². The van der Waals surface area contributed by atoms with Crippen molar-refractivity contribution in [3.63, 3.8) is 0 Å². The van der Waals surface area contributed by atoms with E-state index in [1.54, 1.807) is 0 Å². The van der Waals surface area contributed by atoms with Gasteiger partial charge in [-0.15, -0.1) is 0 Å². The highest BCUT2D eigenvalue weighted by Gasteiger charge is 2.65. The highest BCUT2D eigenvalue weighted by molar-refractivity contribution is 6.99. The third-order valence-corrected chi connectivity index (χ3v) is 18.6. The van der Waals surface area contributed by atoms with Crippen molar-refractivity contribution < 1.29 is 19.0 Å². The molecule has 0 aromatic heterocycles. The number of aliphatic hydroxyl groups excluding tert-OH is 1. The monoisotopic (exact) mass is 710 g/mol. The number of benzene rings is 2. The molecule has 0 amide bonds. The van der Waals surface area contributed by atoms with Crippen molar-refractivity contribution in [2.24, 2.45) is 34.5 Å². The molecular formula is C46H66O4Si. The Balaban J connectivity index is 1.15. The summed E-state index contributed by atoms with van der Waals surface area (Å²) in [6.07, 6.45) is 12.0. The molecule has 4 saturated carbocycles. The molecule has 0 spiro atoms. The van der Waals surface area contributed by atoms with Crippen LogP contribution < -0.4 is 10.4 Å². The van der Waals surface area contributed by atoms with E-state index in [-0.39, 0.29) is 28.3 Å². The summed E-state index contributed by atoms with van der Waals surface area (Å²) in [5, 5.41) is 14.8. The van der Waals surface area contributed by atoms with Gasteiger partial charge in [0.2, 0.25) is 0 Å². The van der Waals surface area contributed by atoms with Crippen molar-refractivity contribution in [3.8, 4) is 11.8 Å². The maximum absolute atomic E-state index is 12.1. The second kappa shape index (κ2) is 14.9. The molecule has 0 aliphatic heterocycles. The van der Waals surface area contributed by atoms with E-state index in [0.717, 1.165) is 32.1 Å². The molecule has 5 heteroatoms. The van der Waals surface area contributed by atoms with E-state index < -0.39 is 20.0 Å². The molecule has 6 rings (SSSR count). The third kappa shape index (κ3) is 7.61. The predicted octanol–water partition coefficient (Wildman–Crippen LogP) is 9.44. The summed E-state index contributed by atoms with van der Waals surface area (Å²) in [6.45, 7) is 20.7. The van der Waals surface area contributed by atoms with Gasteiger partial charge in [0.05, 0.1) is 6.10 Å². The molecule has 0 saturated heterocycles. The molecule has 2 aromatic carbocycles. The second-order valence-electron chi connectivity index (χ2n) is 18.4. The van der Waals surface area contributed by atoms with Crippen molar-refractivity contribution in [1.82, 2.24) is 0 Å². The zero-order chi connectivity index (χ0) is 36.7. The van der Waals surface area contributed by atoms with E-state index in [9.17, 15) is 5.11 Å². The van der Waals surface area contributed by atoms with Gasteiger partial charge in [-0.25, -0.2) is 0 Å². The number of hydrogen-bond donors (Lipinski definition) is 1. The SMILES string of the molecule is CCOC(C)OC(C)(C)C#CC[C@@H](C)[C@H]1CC[C@@H]2/C(=C/C(O)[C@]34C[C@@H](O[Si](c5ccccc5)(c5ccccc5)C(C)(C)C)C[C@H]3C4)CCC[C@@]21C. The lowest BCUT2D eigenvalue weighted by Crippen LogP contribution is -2.67. The molecule has 0 bridgehead atoms. The number of ether oxygens (including phenoxy) is 2. The first-order valence-corrected chi connectivity index (χ1v) is 22.0. The fourth-order valence-corrected chi connectivity index (χ4v) is 15.9. The topological polar surface area (TPSA) is 47.9 Å². The van der Waals surface area contributed by atoms with Gasteiger partial charge in [0.1, 0.15) is 5.60 Å². The van der Waals surface area contributed by atoms with Crippen LogP contribution in [0.1, 0.15) is 120 Å². The lowest BCUT2D eigenvalue weighted by atomic mass is 9.60. The van der Waals surface area contributed by atoms with Crippen LogP contribution in [0.15, 0.2) is 72.3 Å². The Morgan fingerprint density at radius 2 is 1.61 bits per heavy atom. The number of rotatable bonds is 12. The van der Waals surface area contributed by atoms with Gasteiger partial charge in [-0.1, -0.05) is 119 Å². The van der Waals surface area contributed by atoms with Gasteiger partial charge in [-0.05, 0) is 124 Å². The Morgan fingerprint density at radius 3 is 2.22 bits per heavy atom. The summed E-state index contributed by atoms with van der Waals surface area (Å²) in [5.41, 5.74) is 1.24. The van der Waals surface area contributed by atoms with Gasteiger partial charge in [0, 0.05) is 24.5 Å². The molecule has 9 atom stereocenters. The fourth-order valence-electron chi connectivity index (χ4n) is 11.2. The van der Waals surface area contributed by atoms with Gasteiger partial charge in [0.15, 0.2) is 6.29 Å². The first-order chi connectivity index (χ1) is 24.1. The molecule has 1 N–H and O–H groups in total. The van der Waals surface area contributed by atoms with Crippen LogP contribution in [-0.4, -0.2) is 44.1 Å². The van der Waals surface area contributed by atoms with Gasteiger partial charge < -0.3 is 19.0 Å². The van der Waals surface area contributed by atoms with Gasteiger partial charge >= 0.3 is 0 Å². The predicted molar refractivity (Wildman–Crippen MR) is 212 cm³/mol. The van der Waals surface area contributed by atoms with Crippen LogP contribution in [0.4, 0.5) is 0 Å². The summed E-state index contributed by atoms with van der Waals surface area (Å²) >= 11 is 0. The molecule has 4 nitrogen and oxygen atoms in total. The van der Waals surface area contributed by atoms with Crippen LogP contribution in [-0.2, 0) is 13.9 Å². The molecule has 4 aliphatic carbocycles. The average Bonchev–Trinajstić information content (AvgIpc) is 3.45. The largest absolute Gasteiger partial charge is 0.404 e. The first kappa shape index (κ1) is 38.5. The standard InChI is InChI=1S/C46H66O4Si/c1-10-48-34(3)49-44(7,8)27-17-19-33(2)40-25-26-41-35(20-18-28-45(40,41)9)29-42(47)46-31-36(46)30-37(32-46)50-51(43(4,5)6,38-21-13-11-14-22-38)39-23-15-12-16-24-39/h11-16,21-24,29,33-34,36-37,40-42,47H,10,18-20,25-26,28,30-32H2,1-9H3/b35-29+/t33-,34?,36+,37+,40-,41-,42?,45-,46-/m1/s1. The zero-order valence-electron chi connectivity index (χ0n) is 33.1. The van der Waals surface area contributed by atoms with Crippen molar-refractivity contribution in [1.29, 1.82) is 0 Å². The molecule has 2 aromatic rings.